The van der Waals surface area contributed by atoms with Crippen molar-refractivity contribution < 1.29 is 41.8 Å². The summed E-state index contributed by atoms with van der Waals surface area (Å²) in [5, 5.41) is 62.6. The Balaban J connectivity index is 0.000000275. The van der Waals surface area contributed by atoms with Crippen LogP contribution in [0.1, 0.15) is 12.8 Å². The number of hydrogen-bond donors (Lipinski definition) is 1. The Morgan fingerprint density at radius 3 is 1.54 bits per heavy atom. The van der Waals surface area contributed by atoms with Gasteiger partial charge in [-0.2, -0.15) is 10.2 Å². The molecule has 2 aromatic heterocycles. The summed E-state index contributed by atoms with van der Waals surface area (Å²) in [6.07, 6.45) is 0. The first-order valence-corrected chi connectivity index (χ1v) is 16.1. The smallest absolute Gasteiger partial charge is 0.871 e. The molecule has 6 rings (SSSR count). The number of primary sulfonamides is 1. The summed E-state index contributed by atoms with van der Waals surface area (Å²) in [4.78, 5) is 34.8. The normalized spacial score (nSPS) is 11.3. The molecule has 2 heterocycles. The van der Waals surface area contributed by atoms with Gasteiger partial charge in [-0.25, -0.2) is 13.6 Å². The SMILES string of the molecule is Cc1[n-]n(-c2ccccc2)c(=O)c1N=Nc1cc(S(N)(=O)=O)ccc1[O-].Cc1[n-]n(-c2ccccc2)c(=O)c1N=Nc1cc([N+](=O)[O-])ccc1[O-].[Co+3].[H+]. The van der Waals surface area contributed by atoms with Crippen molar-refractivity contribution >= 4 is 38.5 Å². The predicted octanol–water partition coefficient (Wildman–Crippen LogP) is 3.85. The van der Waals surface area contributed by atoms with Crippen LogP contribution in [-0.4, -0.2) is 22.7 Å². The molecule has 0 bridgehead atoms. The molecule has 2 N–H and O–H groups in total. The first-order valence-electron chi connectivity index (χ1n) is 14.5. The largest absolute Gasteiger partial charge is 3.00 e. The number of nitrogens with two attached hydrogens (primary N) is 1. The van der Waals surface area contributed by atoms with Crippen LogP contribution in [0.2, 0.25) is 0 Å². The van der Waals surface area contributed by atoms with Crippen molar-refractivity contribution in [3.63, 3.8) is 0 Å². The quantitative estimate of drug-likeness (QED) is 0.133. The van der Waals surface area contributed by atoms with E-state index in [-0.39, 0.29) is 51.5 Å². The fourth-order valence-corrected chi connectivity index (χ4v) is 4.91. The van der Waals surface area contributed by atoms with Gasteiger partial charge < -0.3 is 29.8 Å². The average molecular weight is 769 g/mol. The monoisotopic (exact) mass is 768 g/mol. The fourth-order valence-electron chi connectivity index (χ4n) is 4.37. The van der Waals surface area contributed by atoms with Crippen LogP contribution >= 0.6 is 0 Å². The van der Waals surface area contributed by atoms with Crippen molar-refractivity contribution in [2.75, 3.05) is 0 Å². The Kier molecular flexibility index (Phi) is 11.8. The number of nitro benzene ring substituents is 1. The van der Waals surface area contributed by atoms with Crippen LogP contribution in [0.3, 0.4) is 0 Å². The number of nitrogens with zero attached hydrogens (tertiary/aromatic N) is 9. The Morgan fingerprint density at radius 1 is 0.692 bits per heavy atom. The van der Waals surface area contributed by atoms with Crippen LogP contribution in [-0.2, 0) is 26.8 Å². The first-order chi connectivity index (χ1) is 24.2. The number of benzene rings is 4. The number of nitro groups is 1. The summed E-state index contributed by atoms with van der Waals surface area (Å²) < 4.78 is 25.1. The van der Waals surface area contributed by atoms with Gasteiger partial charge in [-0.1, -0.05) is 73.9 Å². The molecule has 0 atom stereocenters. The van der Waals surface area contributed by atoms with E-state index in [4.69, 9.17) is 5.14 Å². The summed E-state index contributed by atoms with van der Waals surface area (Å²) in [5.41, 5.74) is -0.0643. The number of azo groups is 2. The summed E-state index contributed by atoms with van der Waals surface area (Å²) in [7, 11) is -3.99. The second-order valence-electron chi connectivity index (χ2n) is 10.5. The molecule has 266 valence electrons. The predicted molar refractivity (Wildman–Crippen MR) is 179 cm³/mol. The van der Waals surface area contributed by atoms with E-state index in [1.54, 1.807) is 68.4 Å². The zero-order valence-corrected chi connectivity index (χ0v) is 28.7. The zero-order chi connectivity index (χ0) is 36.9. The molecule has 4 aromatic carbocycles. The van der Waals surface area contributed by atoms with E-state index in [2.05, 4.69) is 30.7 Å². The standard InChI is InChI=1S/C16H15N5O4S.C16H13N5O4.Co/c1-10-15(16(23)21(20-10)11-5-3-2-4-6-11)19-18-13-9-12(26(17,24)25)7-8-14(13)22;1-10-15(16(23)20(19-10)11-5-3-2-4-6-11)18-17-13-9-12(21(24)25)7-8-14(13)22;/h2-9H,1H3,(H4,17,18,19,20,22,23,24,25);2-9H,1H3,(H2,17,18,19,22,23);/q;;+3/p-3. The zero-order valence-electron chi connectivity index (χ0n) is 27.8. The second-order valence-corrected chi connectivity index (χ2v) is 12.0. The van der Waals surface area contributed by atoms with E-state index in [1.165, 1.54) is 9.36 Å². The van der Waals surface area contributed by atoms with Crippen molar-refractivity contribution in [1.29, 1.82) is 0 Å². The Hall–Kier alpha value is -6.48. The van der Waals surface area contributed by atoms with Crippen LogP contribution in [0.4, 0.5) is 28.4 Å². The van der Waals surface area contributed by atoms with E-state index in [0.29, 0.717) is 22.8 Å². The van der Waals surface area contributed by atoms with Crippen LogP contribution in [0.5, 0.6) is 11.5 Å². The van der Waals surface area contributed by atoms with Crippen LogP contribution in [0, 0.1) is 24.0 Å². The third-order valence-electron chi connectivity index (χ3n) is 6.90. The molecule has 0 spiro atoms. The fraction of sp³-hybridized carbons (Fsp3) is 0.0625. The molecule has 0 unspecified atom stereocenters. The minimum atomic E-state index is -3.99. The Morgan fingerprint density at radius 2 is 1.12 bits per heavy atom. The third-order valence-corrected chi connectivity index (χ3v) is 7.82. The maximum atomic E-state index is 12.5. The minimum Gasteiger partial charge on any atom is -0.871 e. The first kappa shape index (κ1) is 38.3. The molecule has 52 heavy (non-hydrogen) atoms. The second kappa shape index (κ2) is 16.0. The van der Waals surface area contributed by atoms with Crippen molar-refractivity contribution in [2.24, 2.45) is 25.6 Å². The number of rotatable bonds is 8. The van der Waals surface area contributed by atoms with E-state index < -0.39 is 37.6 Å². The number of aromatic nitrogens is 4. The van der Waals surface area contributed by atoms with Crippen LogP contribution in [0.25, 0.3) is 11.4 Å². The van der Waals surface area contributed by atoms with E-state index in [1.807, 2.05) is 6.07 Å². The van der Waals surface area contributed by atoms with Crippen molar-refractivity contribution in [2.45, 2.75) is 18.7 Å². The molecular weight excluding hydrogens is 743 g/mol. The Bertz CT molecular complexity index is 2530. The van der Waals surface area contributed by atoms with Gasteiger partial charge in [0, 0.05) is 23.5 Å². The van der Waals surface area contributed by atoms with Gasteiger partial charge in [0.15, 0.2) is 0 Å². The molecule has 0 radical (unpaired) electrons. The summed E-state index contributed by atoms with van der Waals surface area (Å²) in [5.74, 6) is -1.09. The third kappa shape index (κ3) is 8.62. The molecule has 0 aliphatic heterocycles. The number of hydrogen-bond acceptors (Lipinski definition) is 12. The van der Waals surface area contributed by atoms with Crippen molar-refractivity contribution in [1.82, 2.24) is 19.6 Å². The minimum absolute atomic E-state index is 0. The molecule has 20 heteroatoms. The summed E-state index contributed by atoms with van der Waals surface area (Å²) in [6, 6.07) is 23.7. The van der Waals surface area contributed by atoms with Crippen molar-refractivity contribution in [3.8, 4) is 22.9 Å². The van der Waals surface area contributed by atoms with E-state index in [9.17, 15) is 38.3 Å². The number of para-hydroxylation sites is 2. The van der Waals surface area contributed by atoms with Crippen LogP contribution in [0.15, 0.2) is 132 Å². The molecule has 6 aromatic rings. The number of sulfonamides is 1. The molecule has 18 nitrogen and oxygen atoms in total. The van der Waals surface area contributed by atoms with Gasteiger partial charge in [-0.15, -0.1) is 21.6 Å². The Labute approximate surface area is 305 Å². The summed E-state index contributed by atoms with van der Waals surface area (Å²) in [6.45, 7) is 3.16. The van der Waals surface area contributed by atoms with Gasteiger partial charge in [-0.05, 0) is 36.4 Å². The van der Waals surface area contributed by atoms with Gasteiger partial charge >= 0.3 is 18.2 Å². The van der Waals surface area contributed by atoms with Gasteiger partial charge in [0.1, 0.15) is 11.4 Å². The average Bonchev–Trinajstić information content (AvgIpc) is 3.56. The van der Waals surface area contributed by atoms with Crippen molar-refractivity contribution in [3.05, 3.63) is 139 Å². The molecule has 0 amide bonds. The van der Waals surface area contributed by atoms with E-state index >= 15 is 0 Å². The number of non-ortho nitro benzene ring substituents is 1. The topological polar surface area (TPSA) is 271 Å². The van der Waals surface area contributed by atoms with Gasteiger partial charge in [0.2, 0.25) is 10.0 Å². The van der Waals surface area contributed by atoms with Crippen LogP contribution < -0.4 is 36.7 Å². The maximum Gasteiger partial charge on any atom is 3.00 e. The van der Waals surface area contributed by atoms with Gasteiger partial charge in [0.05, 0.1) is 21.2 Å². The maximum absolute atomic E-state index is 12.5. The molecular formula is C32H25CoN10O8S. The summed E-state index contributed by atoms with van der Waals surface area (Å²) >= 11 is 0. The van der Waals surface area contributed by atoms with Gasteiger partial charge in [0.25, 0.3) is 16.8 Å². The molecule has 0 saturated heterocycles. The van der Waals surface area contributed by atoms with Gasteiger partial charge in [-0.3, -0.25) is 19.7 Å². The molecule has 0 aliphatic rings. The van der Waals surface area contributed by atoms with E-state index in [0.717, 1.165) is 36.4 Å². The molecule has 0 aliphatic carbocycles. The molecule has 0 saturated carbocycles. The number of aryl methyl sites for hydroxylation is 2. The molecule has 0 fully saturated rings.